The Morgan fingerprint density at radius 3 is 2.15 bits per heavy atom. The van der Waals surface area contributed by atoms with Gasteiger partial charge in [-0.1, -0.05) is 6.92 Å². The maximum Gasteiger partial charge on any atom is 0.185 e. The van der Waals surface area contributed by atoms with Gasteiger partial charge in [-0.15, -0.1) is 0 Å². The van der Waals surface area contributed by atoms with Crippen molar-refractivity contribution in [1.82, 2.24) is 0 Å². The van der Waals surface area contributed by atoms with E-state index in [1.165, 1.54) is 0 Å². The van der Waals surface area contributed by atoms with E-state index in [-0.39, 0.29) is 0 Å². The van der Waals surface area contributed by atoms with Crippen LogP contribution >= 0.6 is 0 Å². The molecule has 3 atom stereocenters. The summed E-state index contributed by atoms with van der Waals surface area (Å²) in [6, 6.07) is 2.34. The molecule has 13 heavy (non-hydrogen) atoms. The highest BCUT2D eigenvalue weighted by molar-refractivity contribution is 6.69. The summed E-state index contributed by atoms with van der Waals surface area (Å²) in [7, 11) is -1.59. The average Bonchev–Trinajstić information content (AvgIpc) is 2.63. The van der Waals surface area contributed by atoms with E-state index >= 15 is 0 Å². The Labute approximate surface area is 82.0 Å². The third kappa shape index (κ3) is 2.55. The van der Waals surface area contributed by atoms with E-state index in [1.54, 1.807) is 0 Å². The molecule has 0 bridgehead atoms. The zero-order valence-electron chi connectivity index (χ0n) is 9.22. The first-order chi connectivity index (χ1) is 5.78. The topological polar surface area (TPSA) is 33.0 Å². The maximum atomic E-state index is 9.12. The van der Waals surface area contributed by atoms with Crippen LogP contribution in [-0.2, 0) is 4.43 Å². The van der Waals surface area contributed by atoms with Gasteiger partial charge < -0.3 is 4.43 Å². The summed E-state index contributed by atoms with van der Waals surface area (Å²) in [6.45, 7) is 10.5. The summed E-state index contributed by atoms with van der Waals surface area (Å²) in [5, 5.41) is 9.12. The van der Waals surface area contributed by atoms with Gasteiger partial charge in [0.2, 0.25) is 0 Å². The molecule has 3 unspecified atom stereocenters. The highest BCUT2D eigenvalue weighted by Gasteiger charge is 2.50. The van der Waals surface area contributed by atoms with Crippen molar-refractivity contribution in [3.05, 3.63) is 0 Å². The van der Waals surface area contributed by atoms with E-state index < -0.39 is 13.9 Å². The first-order valence-corrected chi connectivity index (χ1v) is 8.31. The zero-order chi connectivity index (χ0) is 10.3. The van der Waals surface area contributed by atoms with Gasteiger partial charge in [-0.05, 0) is 38.9 Å². The minimum Gasteiger partial charge on any atom is -0.400 e. The smallest absolute Gasteiger partial charge is 0.185 e. The molecule has 0 aliphatic heterocycles. The second-order valence-electron chi connectivity index (χ2n) is 5.25. The predicted octanol–water partition coefficient (Wildman–Crippen LogP) is 2.78. The lowest BCUT2D eigenvalue weighted by atomic mass is 10.0. The van der Waals surface area contributed by atoms with Crippen molar-refractivity contribution >= 4 is 8.32 Å². The Balaban J connectivity index is 2.67. The van der Waals surface area contributed by atoms with E-state index in [9.17, 15) is 0 Å². The van der Waals surface area contributed by atoms with Gasteiger partial charge in [-0.25, -0.2) is 0 Å². The van der Waals surface area contributed by atoms with E-state index in [0.29, 0.717) is 11.8 Å². The molecule has 1 aliphatic rings. The number of nitriles is 1. The Morgan fingerprint density at radius 2 is 1.92 bits per heavy atom. The number of nitrogens with zero attached hydrogens (tertiary/aromatic N) is 1. The first kappa shape index (κ1) is 10.7. The minimum atomic E-state index is -1.59. The predicted molar refractivity (Wildman–Crippen MR) is 55.7 cm³/mol. The molecule has 1 saturated carbocycles. The summed E-state index contributed by atoms with van der Waals surface area (Å²) in [4.78, 5) is 0. The number of rotatable bonds is 3. The molecular formula is C10H19NOSi. The highest BCUT2D eigenvalue weighted by Crippen LogP contribution is 2.48. The Bertz CT molecular complexity index is 240. The second kappa shape index (κ2) is 3.11. The monoisotopic (exact) mass is 197 g/mol. The maximum absolute atomic E-state index is 9.12. The van der Waals surface area contributed by atoms with Crippen molar-refractivity contribution in [2.45, 2.75) is 45.5 Å². The summed E-state index contributed by atoms with van der Waals surface area (Å²) in [5.41, 5.74) is -0.524. The molecule has 0 aromatic rings. The van der Waals surface area contributed by atoms with Crippen LogP contribution < -0.4 is 0 Å². The van der Waals surface area contributed by atoms with Crippen LogP contribution in [0.1, 0.15) is 20.3 Å². The molecule has 3 heteroatoms. The van der Waals surface area contributed by atoms with E-state index in [0.717, 1.165) is 6.42 Å². The van der Waals surface area contributed by atoms with Gasteiger partial charge in [0.1, 0.15) is 5.60 Å². The van der Waals surface area contributed by atoms with Crippen LogP contribution in [0.5, 0.6) is 0 Å². The SMILES string of the molecule is CC1CC1C(C)(C#N)O[Si](C)(C)C. The summed E-state index contributed by atoms with van der Waals surface area (Å²) in [5.74, 6) is 1.13. The molecule has 0 spiro atoms. The first-order valence-electron chi connectivity index (χ1n) is 4.90. The van der Waals surface area contributed by atoms with Crippen molar-refractivity contribution < 1.29 is 4.43 Å². The van der Waals surface area contributed by atoms with Crippen molar-refractivity contribution in [2.75, 3.05) is 0 Å². The van der Waals surface area contributed by atoms with Gasteiger partial charge in [0.25, 0.3) is 0 Å². The second-order valence-corrected chi connectivity index (χ2v) is 9.68. The minimum absolute atomic E-state index is 0.462. The normalized spacial score (nSPS) is 32.0. The molecule has 0 aromatic carbocycles. The van der Waals surface area contributed by atoms with Gasteiger partial charge >= 0.3 is 0 Å². The molecule has 74 valence electrons. The van der Waals surface area contributed by atoms with Crippen molar-refractivity contribution in [3.8, 4) is 6.07 Å². The fourth-order valence-electron chi connectivity index (χ4n) is 1.91. The molecular weight excluding hydrogens is 178 g/mol. The Morgan fingerprint density at radius 1 is 1.46 bits per heavy atom. The molecule has 0 radical (unpaired) electrons. The van der Waals surface area contributed by atoms with E-state index in [1.807, 2.05) is 6.92 Å². The third-order valence-electron chi connectivity index (χ3n) is 2.56. The molecule has 0 saturated heterocycles. The number of hydrogen-bond acceptors (Lipinski definition) is 2. The standard InChI is InChI=1S/C10H19NOSi/c1-8-6-9(8)10(2,7-11)12-13(3,4)5/h8-9H,6H2,1-5H3. The van der Waals surface area contributed by atoms with Crippen molar-refractivity contribution in [3.63, 3.8) is 0 Å². The lowest BCUT2D eigenvalue weighted by Gasteiger charge is -2.30. The molecule has 1 fully saturated rings. The molecule has 1 rings (SSSR count). The van der Waals surface area contributed by atoms with E-state index in [2.05, 4.69) is 32.6 Å². The van der Waals surface area contributed by atoms with Gasteiger partial charge in [-0.2, -0.15) is 5.26 Å². The van der Waals surface area contributed by atoms with Crippen LogP contribution in [-0.4, -0.2) is 13.9 Å². The van der Waals surface area contributed by atoms with Gasteiger partial charge in [-0.3, -0.25) is 0 Å². The van der Waals surface area contributed by atoms with Gasteiger partial charge in [0, 0.05) is 5.92 Å². The molecule has 1 aliphatic carbocycles. The fourth-order valence-corrected chi connectivity index (χ4v) is 3.38. The van der Waals surface area contributed by atoms with Crippen LogP contribution in [0.4, 0.5) is 0 Å². The van der Waals surface area contributed by atoms with E-state index in [4.69, 9.17) is 9.69 Å². The largest absolute Gasteiger partial charge is 0.400 e. The molecule has 2 nitrogen and oxygen atoms in total. The van der Waals surface area contributed by atoms with Crippen LogP contribution in [0.3, 0.4) is 0 Å². The Kier molecular flexibility index (Phi) is 2.57. The Hall–Kier alpha value is -0.333. The lowest BCUT2D eigenvalue weighted by Crippen LogP contribution is -2.41. The highest BCUT2D eigenvalue weighted by atomic mass is 28.4. The zero-order valence-corrected chi connectivity index (χ0v) is 10.2. The molecule has 0 aromatic heterocycles. The number of hydrogen-bond donors (Lipinski definition) is 0. The van der Waals surface area contributed by atoms with Crippen LogP contribution in [0.15, 0.2) is 0 Å². The summed E-state index contributed by atoms with van der Waals surface area (Å²) >= 11 is 0. The van der Waals surface area contributed by atoms with Crippen molar-refractivity contribution in [2.24, 2.45) is 11.8 Å². The fraction of sp³-hybridized carbons (Fsp3) is 0.900. The average molecular weight is 197 g/mol. The summed E-state index contributed by atoms with van der Waals surface area (Å²) in [6.07, 6.45) is 1.15. The van der Waals surface area contributed by atoms with Crippen LogP contribution in [0, 0.1) is 23.2 Å². The van der Waals surface area contributed by atoms with Crippen LogP contribution in [0.2, 0.25) is 19.6 Å². The third-order valence-corrected chi connectivity index (χ3v) is 3.59. The molecule has 0 amide bonds. The summed E-state index contributed by atoms with van der Waals surface area (Å²) < 4.78 is 5.95. The van der Waals surface area contributed by atoms with Gasteiger partial charge in [0.15, 0.2) is 8.32 Å². The molecule has 0 N–H and O–H groups in total. The van der Waals surface area contributed by atoms with Crippen molar-refractivity contribution in [1.29, 1.82) is 5.26 Å². The quantitative estimate of drug-likeness (QED) is 0.652. The van der Waals surface area contributed by atoms with Crippen LogP contribution in [0.25, 0.3) is 0 Å². The lowest BCUT2D eigenvalue weighted by molar-refractivity contribution is 0.110. The molecule has 0 heterocycles. The van der Waals surface area contributed by atoms with Gasteiger partial charge in [0.05, 0.1) is 6.07 Å².